The highest BCUT2D eigenvalue weighted by atomic mass is 19.1. The summed E-state index contributed by atoms with van der Waals surface area (Å²) < 4.78 is 27.2. The lowest BCUT2D eigenvalue weighted by Crippen LogP contribution is -2.27. The molecule has 1 saturated heterocycles. The smallest absolute Gasteiger partial charge is 0.316 e. The topological polar surface area (TPSA) is 86.6 Å². The third-order valence-corrected chi connectivity index (χ3v) is 2.88. The summed E-state index contributed by atoms with van der Waals surface area (Å²) in [6.45, 7) is -0.158. The molecule has 1 aromatic carbocycles. The SMILES string of the molecule is O=C(O)[C@@H]1C(=O)NC[C@H]1c1c(F)cc(O)cc1F. The summed E-state index contributed by atoms with van der Waals surface area (Å²) in [5.74, 6) is -7.62. The predicted molar refractivity (Wildman–Crippen MR) is 54.9 cm³/mol. The monoisotopic (exact) mass is 257 g/mol. The molecule has 18 heavy (non-hydrogen) atoms. The van der Waals surface area contributed by atoms with E-state index >= 15 is 0 Å². The van der Waals surface area contributed by atoms with E-state index in [0.29, 0.717) is 12.1 Å². The van der Waals surface area contributed by atoms with Crippen LogP contribution in [0.25, 0.3) is 0 Å². The van der Waals surface area contributed by atoms with Crippen LogP contribution in [0.4, 0.5) is 8.78 Å². The summed E-state index contributed by atoms with van der Waals surface area (Å²) >= 11 is 0. The Hall–Kier alpha value is -2.18. The van der Waals surface area contributed by atoms with Gasteiger partial charge in [-0.05, 0) is 0 Å². The van der Waals surface area contributed by atoms with Gasteiger partial charge in [0.05, 0.1) is 0 Å². The fraction of sp³-hybridized carbons (Fsp3) is 0.273. The summed E-state index contributed by atoms with van der Waals surface area (Å²) in [4.78, 5) is 22.2. The highest BCUT2D eigenvalue weighted by Gasteiger charge is 2.43. The van der Waals surface area contributed by atoms with Gasteiger partial charge in [-0.15, -0.1) is 0 Å². The van der Waals surface area contributed by atoms with E-state index < -0.39 is 46.7 Å². The Labute approximate surface area is 100 Å². The first-order chi connectivity index (χ1) is 8.41. The van der Waals surface area contributed by atoms with Crippen molar-refractivity contribution in [3.05, 3.63) is 29.3 Å². The molecule has 1 aliphatic rings. The number of aliphatic carboxylic acids is 1. The van der Waals surface area contributed by atoms with Gasteiger partial charge in [0.15, 0.2) is 0 Å². The van der Waals surface area contributed by atoms with Gasteiger partial charge in [-0.1, -0.05) is 0 Å². The first kappa shape index (κ1) is 12.3. The Morgan fingerprint density at radius 1 is 1.33 bits per heavy atom. The molecule has 0 aromatic heterocycles. The molecule has 1 amide bonds. The van der Waals surface area contributed by atoms with Crippen molar-refractivity contribution >= 4 is 11.9 Å². The second-order valence-electron chi connectivity index (χ2n) is 3.99. The van der Waals surface area contributed by atoms with Crippen molar-refractivity contribution in [1.82, 2.24) is 5.32 Å². The second kappa shape index (κ2) is 4.25. The lowest BCUT2D eigenvalue weighted by molar-refractivity contribution is -0.145. The van der Waals surface area contributed by atoms with Crippen molar-refractivity contribution in [2.24, 2.45) is 5.92 Å². The van der Waals surface area contributed by atoms with Gasteiger partial charge in [0.1, 0.15) is 23.3 Å². The van der Waals surface area contributed by atoms with Gasteiger partial charge >= 0.3 is 5.97 Å². The van der Waals surface area contributed by atoms with E-state index in [2.05, 4.69) is 5.32 Å². The van der Waals surface area contributed by atoms with Gasteiger partial charge in [0, 0.05) is 30.2 Å². The molecule has 2 atom stereocenters. The number of halogens is 2. The Kier molecular flexibility index (Phi) is 2.90. The normalized spacial score (nSPS) is 22.9. The first-order valence-corrected chi connectivity index (χ1v) is 5.10. The van der Waals surface area contributed by atoms with E-state index in [1.54, 1.807) is 0 Å². The number of carboxylic acids is 1. The Bertz CT molecular complexity index is 509. The van der Waals surface area contributed by atoms with E-state index in [9.17, 15) is 18.4 Å². The minimum absolute atomic E-state index is 0.158. The summed E-state index contributed by atoms with van der Waals surface area (Å²) in [5.41, 5.74) is -0.501. The maximum atomic E-state index is 13.6. The number of carboxylic acid groups (broad SMARTS) is 1. The first-order valence-electron chi connectivity index (χ1n) is 5.10. The van der Waals surface area contributed by atoms with E-state index in [-0.39, 0.29) is 6.54 Å². The van der Waals surface area contributed by atoms with Crippen molar-refractivity contribution < 1.29 is 28.6 Å². The minimum Gasteiger partial charge on any atom is -0.508 e. The lowest BCUT2D eigenvalue weighted by Gasteiger charge is -2.15. The molecule has 5 nitrogen and oxygen atoms in total. The van der Waals surface area contributed by atoms with Gasteiger partial charge in [-0.2, -0.15) is 0 Å². The molecule has 0 saturated carbocycles. The van der Waals surface area contributed by atoms with Crippen molar-refractivity contribution in [1.29, 1.82) is 0 Å². The van der Waals surface area contributed by atoms with E-state index in [1.165, 1.54) is 0 Å². The molecule has 0 unspecified atom stereocenters. The zero-order valence-corrected chi connectivity index (χ0v) is 8.98. The molecular formula is C11H9F2NO4. The fourth-order valence-electron chi connectivity index (χ4n) is 2.10. The van der Waals surface area contributed by atoms with E-state index in [0.717, 1.165) is 0 Å². The van der Waals surface area contributed by atoms with Crippen LogP contribution in [0.3, 0.4) is 0 Å². The maximum Gasteiger partial charge on any atom is 0.316 e. The molecule has 1 aromatic rings. The maximum absolute atomic E-state index is 13.6. The van der Waals surface area contributed by atoms with Crippen molar-refractivity contribution in [2.45, 2.75) is 5.92 Å². The van der Waals surface area contributed by atoms with Crippen molar-refractivity contribution in [3.8, 4) is 5.75 Å². The molecule has 1 fully saturated rings. The summed E-state index contributed by atoms with van der Waals surface area (Å²) in [7, 11) is 0. The number of hydrogen-bond donors (Lipinski definition) is 3. The van der Waals surface area contributed by atoms with Crippen LogP contribution in [-0.2, 0) is 9.59 Å². The van der Waals surface area contributed by atoms with Crippen LogP contribution < -0.4 is 5.32 Å². The molecule has 1 heterocycles. The number of aromatic hydroxyl groups is 1. The van der Waals surface area contributed by atoms with Crippen LogP contribution in [0.2, 0.25) is 0 Å². The van der Waals surface area contributed by atoms with Crippen molar-refractivity contribution in [2.75, 3.05) is 6.54 Å². The minimum atomic E-state index is -1.53. The van der Waals surface area contributed by atoms with Crippen LogP contribution in [0.5, 0.6) is 5.75 Å². The van der Waals surface area contributed by atoms with Gasteiger partial charge in [-0.3, -0.25) is 9.59 Å². The molecule has 0 radical (unpaired) electrons. The Morgan fingerprint density at radius 2 is 1.89 bits per heavy atom. The number of rotatable bonds is 2. The molecule has 7 heteroatoms. The summed E-state index contributed by atoms with van der Waals surface area (Å²) in [6.07, 6.45) is 0. The number of phenolic OH excluding ortho intramolecular Hbond substituents is 1. The zero-order valence-electron chi connectivity index (χ0n) is 8.98. The third kappa shape index (κ3) is 1.87. The van der Waals surface area contributed by atoms with Crippen LogP contribution in [0.15, 0.2) is 12.1 Å². The average molecular weight is 257 g/mol. The second-order valence-corrected chi connectivity index (χ2v) is 3.99. The third-order valence-electron chi connectivity index (χ3n) is 2.88. The Morgan fingerprint density at radius 3 is 2.39 bits per heavy atom. The quantitative estimate of drug-likeness (QED) is 0.676. The number of nitrogens with one attached hydrogen (secondary N) is 1. The number of hydrogen-bond acceptors (Lipinski definition) is 3. The number of carbonyl (C=O) groups is 2. The molecule has 0 spiro atoms. The summed E-state index contributed by atoms with van der Waals surface area (Å²) in [6, 6.07) is 1.36. The molecule has 0 bridgehead atoms. The Balaban J connectivity index is 2.49. The zero-order chi connectivity index (χ0) is 13.4. The van der Waals surface area contributed by atoms with Crippen LogP contribution >= 0.6 is 0 Å². The molecule has 2 rings (SSSR count). The molecule has 3 N–H and O–H groups in total. The molecule has 1 aliphatic heterocycles. The molecule has 0 aliphatic carbocycles. The van der Waals surface area contributed by atoms with Crippen molar-refractivity contribution in [3.63, 3.8) is 0 Å². The summed E-state index contributed by atoms with van der Waals surface area (Å²) in [5, 5.41) is 20.2. The van der Waals surface area contributed by atoms with Crippen LogP contribution in [-0.4, -0.2) is 28.6 Å². The standard InChI is InChI=1S/C11H9F2NO4/c12-6-1-4(15)2-7(13)8(6)5-3-14-10(16)9(5)11(17)18/h1-2,5,9,15H,3H2,(H,14,16)(H,17,18)/t5-,9-/m0/s1. The van der Waals surface area contributed by atoms with Gasteiger partial charge in [0.25, 0.3) is 0 Å². The molecule has 96 valence electrons. The van der Waals surface area contributed by atoms with Gasteiger partial charge in [-0.25, -0.2) is 8.78 Å². The fourth-order valence-corrected chi connectivity index (χ4v) is 2.10. The predicted octanol–water partition coefficient (Wildman–Crippen LogP) is 0.585. The van der Waals surface area contributed by atoms with Gasteiger partial charge in [0.2, 0.25) is 5.91 Å². The van der Waals surface area contributed by atoms with Gasteiger partial charge < -0.3 is 15.5 Å². The highest BCUT2D eigenvalue weighted by Crippen LogP contribution is 2.34. The van der Waals surface area contributed by atoms with E-state index in [4.69, 9.17) is 10.2 Å². The lowest BCUT2D eigenvalue weighted by atomic mass is 9.88. The number of amides is 1. The number of carbonyl (C=O) groups excluding carboxylic acids is 1. The van der Waals surface area contributed by atoms with Crippen LogP contribution in [0, 0.1) is 17.6 Å². The van der Waals surface area contributed by atoms with E-state index in [1.807, 2.05) is 0 Å². The number of benzene rings is 1. The average Bonchev–Trinajstić information content (AvgIpc) is 2.58. The highest BCUT2D eigenvalue weighted by molar-refractivity contribution is 5.99. The molecular weight excluding hydrogens is 248 g/mol. The largest absolute Gasteiger partial charge is 0.508 e. The number of phenols is 1. The van der Waals surface area contributed by atoms with Crippen LogP contribution in [0.1, 0.15) is 11.5 Å².